The van der Waals surface area contributed by atoms with Crippen LogP contribution < -0.4 is 0 Å². The Kier molecular flexibility index (Phi) is 2.52. The average Bonchev–Trinajstić information content (AvgIpc) is 2.28. The Morgan fingerprint density at radius 1 is 1.75 bits per heavy atom. The van der Waals surface area contributed by atoms with Crippen molar-refractivity contribution in [2.45, 2.75) is 20.4 Å². The molecule has 1 aromatic heterocycles. The highest BCUT2D eigenvalue weighted by molar-refractivity contribution is 6.67. The molecule has 66 valence electrons. The lowest BCUT2D eigenvalue weighted by molar-refractivity contribution is 0.106. The number of aryl methyl sites for hydroxylation is 2. The minimum atomic E-state index is -0.748. The van der Waals surface area contributed by atoms with Crippen LogP contribution in [0.1, 0.15) is 23.0 Å². The van der Waals surface area contributed by atoms with Crippen molar-refractivity contribution in [2.24, 2.45) is 0 Å². The molecule has 0 spiro atoms. The number of rotatable bonds is 2. The van der Waals surface area contributed by atoms with Crippen molar-refractivity contribution in [3.05, 3.63) is 23.3 Å². The quantitative estimate of drug-likeness (QED) is 0.655. The van der Waals surface area contributed by atoms with Crippen molar-refractivity contribution in [1.82, 2.24) is 4.57 Å². The molecule has 1 heterocycles. The highest BCUT2D eigenvalue weighted by Crippen LogP contribution is 2.16. The zero-order valence-electron chi connectivity index (χ0n) is 6.90. The molecule has 0 N–H and O–H groups in total. The van der Waals surface area contributed by atoms with Gasteiger partial charge in [0.25, 0.3) is 5.24 Å². The van der Waals surface area contributed by atoms with E-state index in [1.807, 2.05) is 6.92 Å². The molecule has 0 radical (unpaired) electrons. The average molecular weight is 190 g/mol. The number of aromatic nitrogens is 1. The Morgan fingerprint density at radius 3 is 2.67 bits per heavy atom. The summed E-state index contributed by atoms with van der Waals surface area (Å²) in [5, 5.41) is -0.748. The van der Waals surface area contributed by atoms with Crippen molar-refractivity contribution in [1.29, 1.82) is 0 Å². The number of nitrogens with zero attached hydrogens (tertiary/aromatic N) is 1. The molecule has 0 saturated heterocycles. The van der Waals surface area contributed by atoms with Crippen LogP contribution in [0.15, 0.2) is 6.20 Å². The Balaban J connectivity index is 3.31. The highest BCUT2D eigenvalue weighted by Gasteiger charge is 2.17. The van der Waals surface area contributed by atoms with Gasteiger partial charge >= 0.3 is 0 Å². The van der Waals surface area contributed by atoms with E-state index in [0.717, 1.165) is 0 Å². The molecular formula is C8H9ClFNO. The van der Waals surface area contributed by atoms with Crippen LogP contribution in [0.4, 0.5) is 4.39 Å². The number of carbonyl (C=O) groups excluding carboxylic acids is 1. The van der Waals surface area contributed by atoms with Gasteiger partial charge in [0.2, 0.25) is 0 Å². The Morgan fingerprint density at radius 2 is 2.33 bits per heavy atom. The molecule has 0 aromatic carbocycles. The Bertz CT molecular complexity index is 319. The summed E-state index contributed by atoms with van der Waals surface area (Å²) in [5.74, 6) is -0.517. The van der Waals surface area contributed by atoms with Gasteiger partial charge in [-0.1, -0.05) is 0 Å². The van der Waals surface area contributed by atoms with Crippen LogP contribution in [-0.2, 0) is 6.54 Å². The summed E-state index contributed by atoms with van der Waals surface area (Å²) in [5.41, 5.74) is 0.400. The lowest BCUT2D eigenvalue weighted by atomic mass is 10.3. The van der Waals surface area contributed by atoms with Crippen LogP contribution in [0, 0.1) is 12.7 Å². The third-order valence-corrected chi connectivity index (χ3v) is 1.90. The first kappa shape index (κ1) is 9.26. The molecule has 0 atom stereocenters. The third-order valence-electron chi connectivity index (χ3n) is 1.72. The van der Waals surface area contributed by atoms with Gasteiger partial charge < -0.3 is 4.57 Å². The molecule has 2 nitrogen and oxygen atoms in total. The highest BCUT2D eigenvalue weighted by atomic mass is 35.5. The van der Waals surface area contributed by atoms with Crippen LogP contribution in [-0.4, -0.2) is 9.81 Å². The zero-order chi connectivity index (χ0) is 9.30. The SMILES string of the molecule is CCn1cc(C)c(F)c1C(=O)Cl. The molecule has 0 fully saturated rings. The first-order valence-electron chi connectivity index (χ1n) is 3.63. The summed E-state index contributed by atoms with van der Waals surface area (Å²) >= 11 is 5.21. The predicted octanol–water partition coefficient (Wildman–Crippen LogP) is 2.33. The second-order valence-corrected chi connectivity index (χ2v) is 2.88. The van der Waals surface area contributed by atoms with Gasteiger partial charge in [0.15, 0.2) is 5.82 Å². The molecule has 0 bridgehead atoms. The maximum Gasteiger partial charge on any atom is 0.271 e. The Labute approximate surface area is 74.9 Å². The smallest absolute Gasteiger partial charge is 0.271 e. The first-order valence-corrected chi connectivity index (χ1v) is 4.00. The third kappa shape index (κ3) is 1.37. The summed E-state index contributed by atoms with van der Waals surface area (Å²) in [7, 11) is 0. The predicted molar refractivity (Wildman–Crippen MR) is 45.0 cm³/mol. The fourth-order valence-electron chi connectivity index (χ4n) is 1.12. The van der Waals surface area contributed by atoms with E-state index >= 15 is 0 Å². The van der Waals surface area contributed by atoms with Gasteiger partial charge in [-0.05, 0) is 25.4 Å². The van der Waals surface area contributed by atoms with Gasteiger partial charge in [-0.3, -0.25) is 4.79 Å². The molecule has 1 aromatic rings. The molecule has 0 aliphatic carbocycles. The normalized spacial score (nSPS) is 10.3. The molecule has 12 heavy (non-hydrogen) atoms. The topological polar surface area (TPSA) is 22.0 Å². The monoisotopic (exact) mass is 189 g/mol. The molecule has 0 aliphatic heterocycles. The summed E-state index contributed by atoms with van der Waals surface area (Å²) in [6, 6.07) is 0. The summed E-state index contributed by atoms with van der Waals surface area (Å²) in [4.78, 5) is 10.8. The number of halogens is 2. The van der Waals surface area contributed by atoms with Crippen LogP contribution >= 0.6 is 11.6 Å². The molecule has 0 aliphatic rings. The van der Waals surface area contributed by atoms with Crippen molar-refractivity contribution >= 4 is 16.8 Å². The maximum atomic E-state index is 13.1. The fourth-order valence-corrected chi connectivity index (χ4v) is 1.31. The van der Waals surface area contributed by atoms with E-state index in [1.54, 1.807) is 13.1 Å². The van der Waals surface area contributed by atoms with E-state index < -0.39 is 11.1 Å². The molecule has 4 heteroatoms. The standard InChI is InChI=1S/C8H9ClFNO/c1-3-11-4-5(2)6(10)7(11)8(9)12/h4H,3H2,1-2H3. The van der Waals surface area contributed by atoms with Gasteiger partial charge in [-0.25, -0.2) is 4.39 Å². The van der Waals surface area contributed by atoms with Crippen LogP contribution in [0.5, 0.6) is 0 Å². The molecule has 1 rings (SSSR count). The Hall–Kier alpha value is -0.830. The van der Waals surface area contributed by atoms with Crippen LogP contribution in [0.2, 0.25) is 0 Å². The first-order chi connectivity index (χ1) is 5.57. The van der Waals surface area contributed by atoms with Gasteiger partial charge in [0.1, 0.15) is 5.69 Å². The minimum Gasteiger partial charge on any atom is -0.342 e. The molecule has 0 amide bonds. The van der Waals surface area contributed by atoms with Crippen molar-refractivity contribution in [3.8, 4) is 0 Å². The largest absolute Gasteiger partial charge is 0.342 e. The molecule has 0 saturated carbocycles. The van der Waals surface area contributed by atoms with Crippen molar-refractivity contribution < 1.29 is 9.18 Å². The lowest BCUT2D eigenvalue weighted by Crippen LogP contribution is -2.03. The van der Waals surface area contributed by atoms with Crippen molar-refractivity contribution in [2.75, 3.05) is 0 Å². The van der Waals surface area contributed by atoms with E-state index in [1.165, 1.54) is 4.57 Å². The summed E-state index contributed by atoms with van der Waals surface area (Å²) in [6.45, 7) is 3.96. The van der Waals surface area contributed by atoms with E-state index in [0.29, 0.717) is 12.1 Å². The zero-order valence-corrected chi connectivity index (χ0v) is 7.65. The second-order valence-electron chi connectivity index (χ2n) is 2.53. The van der Waals surface area contributed by atoms with Crippen LogP contribution in [0.25, 0.3) is 0 Å². The van der Waals surface area contributed by atoms with E-state index in [9.17, 15) is 9.18 Å². The molecular weight excluding hydrogens is 181 g/mol. The van der Waals surface area contributed by atoms with Gasteiger partial charge in [0, 0.05) is 18.3 Å². The van der Waals surface area contributed by atoms with Crippen molar-refractivity contribution in [3.63, 3.8) is 0 Å². The summed E-state index contributed by atoms with van der Waals surface area (Å²) in [6.07, 6.45) is 1.57. The molecule has 0 unspecified atom stereocenters. The maximum absolute atomic E-state index is 13.1. The second kappa shape index (κ2) is 3.27. The van der Waals surface area contributed by atoms with Gasteiger partial charge in [-0.15, -0.1) is 0 Å². The van der Waals surface area contributed by atoms with E-state index in [4.69, 9.17) is 11.6 Å². The minimum absolute atomic E-state index is 0.0448. The lowest BCUT2D eigenvalue weighted by Gasteiger charge is -1.99. The number of hydrogen-bond acceptors (Lipinski definition) is 1. The van der Waals surface area contributed by atoms with Crippen LogP contribution in [0.3, 0.4) is 0 Å². The number of carbonyl (C=O) groups is 1. The summed E-state index contributed by atoms with van der Waals surface area (Å²) < 4.78 is 14.6. The van der Waals surface area contributed by atoms with Gasteiger partial charge in [-0.2, -0.15) is 0 Å². The van der Waals surface area contributed by atoms with Gasteiger partial charge in [0.05, 0.1) is 0 Å². The van der Waals surface area contributed by atoms with E-state index in [2.05, 4.69) is 0 Å². The van der Waals surface area contributed by atoms with E-state index in [-0.39, 0.29) is 5.69 Å². The number of hydrogen-bond donors (Lipinski definition) is 0. The fraction of sp³-hybridized carbons (Fsp3) is 0.375.